The lowest BCUT2D eigenvalue weighted by atomic mass is 10.2. The average molecular weight is 264 g/mol. The number of benzene rings is 1. The Morgan fingerprint density at radius 3 is 2.78 bits per heavy atom. The van der Waals surface area contributed by atoms with Gasteiger partial charge in [0.1, 0.15) is 0 Å². The number of amides is 1. The predicted molar refractivity (Wildman–Crippen MR) is 79.7 cm³/mol. The van der Waals surface area contributed by atoms with Crippen molar-refractivity contribution in [1.82, 2.24) is 5.32 Å². The van der Waals surface area contributed by atoms with Gasteiger partial charge in [0.2, 0.25) is 5.91 Å². The number of nitrogens with one attached hydrogen (secondary N) is 2. The summed E-state index contributed by atoms with van der Waals surface area (Å²) in [5.74, 6) is -0.0198. The van der Waals surface area contributed by atoms with Gasteiger partial charge >= 0.3 is 0 Å². The van der Waals surface area contributed by atoms with Crippen molar-refractivity contribution in [2.24, 2.45) is 0 Å². The highest BCUT2D eigenvalue weighted by Crippen LogP contribution is 2.09. The molecular formula is C14H20N2OS. The van der Waals surface area contributed by atoms with Gasteiger partial charge in [0.25, 0.3) is 0 Å². The molecule has 18 heavy (non-hydrogen) atoms. The van der Waals surface area contributed by atoms with Crippen molar-refractivity contribution in [3.63, 3.8) is 0 Å². The first-order chi connectivity index (χ1) is 8.61. The van der Waals surface area contributed by atoms with Crippen molar-refractivity contribution < 1.29 is 4.79 Å². The van der Waals surface area contributed by atoms with Crippen LogP contribution in [0.3, 0.4) is 0 Å². The van der Waals surface area contributed by atoms with Gasteiger partial charge in [-0.15, -0.1) is 0 Å². The van der Waals surface area contributed by atoms with Crippen molar-refractivity contribution in [3.8, 4) is 0 Å². The molecule has 2 N–H and O–H groups in total. The predicted octanol–water partition coefficient (Wildman–Crippen LogP) is 3.39. The standard InChI is InChI=1S/C14H20N2OS/c1-3-4-5-9-13(17)16-14(18)15-12-8-6-7-11(2)10-12/h6-8,10H,3-5,9H2,1-2H3,(H2,15,16,17,18). The largest absolute Gasteiger partial charge is 0.332 e. The molecule has 98 valence electrons. The van der Waals surface area contributed by atoms with Gasteiger partial charge in [-0.1, -0.05) is 31.9 Å². The smallest absolute Gasteiger partial charge is 0.226 e. The van der Waals surface area contributed by atoms with E-state index in [2.05, 4.69) is 17.6 Å². The Bertz CT molecular complexity index is 418. The quantitative estimate of drug-likeness (QED) is 0.632. The molecule has 3 nitrogen and oxygen atoms in total. The molecule has 0 bridgehead atoms. The first kappa shape index (κ1) is 14.6. The molecule has 0 unspecified atom stereocenters. The first-order valence-corrected chi connectivity index (χ1v) is 6.70. The summed E-state index contributed by atoms with van der Waals surface area (Å²) in [6.45, 7) is 4.12. The van der Waals surface area contributed by atoms with Crippen molar-refractivity contribution in [2.75, 3.05) is 5.32 Å². The molecule has 0 fully saturated rings. The molecule has 0 aliphatic heterocycles. The number of aryl methyl sites for hydroxylation is 1. The van der Waals surface area contributed by atoms with Gasteiger partial charge in [-0.2, -0.15) is 0 Å². The van der Waals surface area contributed by atoms with Gasteiger partial charge in [-0.25, -0.2) is 0 Å². The second-order valence-electron chi connectivity index (χ2n) is 4.33. The number of unbranched alkanes of at least 4 members (excludes halogenated alkanes) is 2. The molecule has 1 aromatic rings. The van der Waals surface area contributed by atoms with Crippen LogP contribution in [0, 0.1) is 6.92 Å². The minimum atomic E-state index is -0.0198. The van der Waals surface area contributed by atoms with Gasteiger partial charge in [0, 0.05) is 12.1 Å². The van der Waals surface area contributed by atoms with Crippen LogP contribution in [0.2, 0.25) is 0 Å². The lowest BCUT2D eigenvalue weighted by molar-refractivity contribution is -0.119. The molecule has 0 saturated heterocycles. The number of anilines is 1. The lowest BCUT2D eigenvalue weighted by Crippen LogP contribution is -2.33. The molecule has 0 saturated carbocycles. The maximum atomic E-state index is 11.5. The van der Waals surface area contributed by atoms with Crippen LogP contribution in [0.15, 0.2) is 24.3 Å². The molecule has 0 spiro atoms. The average Bonchev–Trinajstić information content (AvgIpc) is 2.29. The second kappa shape index (κ2) is 7.82. The summed E-state index contributed by atoms with van der Waals surface area (Å²) in [5, 5.41) is 6.05. The molecular weight excluding hydrogens is 244 g/mol. The minimum Gasteiger partial charge on any atom is -0.332 e. The van der Waals surface area contributed by atoms with E-state index in [1.165, 1.54) is 0 Å². The fourth-order valence-corrected chi connectivity index (χ4v) is 1.84. The van der Waals surface area contributed by atoms with Gasteiger partial charge in [0.05, 0.1) is 0 Å². The van der Waals surface area contributed by atoms with Gasteiger partial charge < -0.3 is 10.6 Å². The van der Waals surface area contributed by atoms with Crippen molar-refractivity contribution in [2.45, 2.75) is 39.5 Å². The van der Waals surface area contributed by atoms with Crippen LogP contribution in [0.1, 0.15) is 38.2 Å². The highest BCUT2D eigenvalue weighted by atomic mass is 32.1. The van der Waals surface area contributed by atoms with Crippen LogP contribution in [0.25, 0.3) is 0 Å². The van der Waals surface area contributed by atoms with Crippen molar-refractivity contribution in [1.29, 1.82) is 0 Å². The molecule has 1 rings (SSSR count). The number of carbonyl (C=O) groups is 1. The third-order valence-electron chi connectivity index (χ3n) is 2.54. The van der Waals surface area contributed by atoms with Crippen LogP contribution in [0.5, 0.6) is 0 Å². The Hall–Kier alpha value is -1.42. The zero-order chi connectivity index (χ0) is 13.4. The van der Waals surface area contributed by atoms with Crippen LogP contribution in [0.4, 0.5) is 5.69 Å². The molecule has 0 aliphatic rings. The fourth-order valence-electron chi connectivity index (χ4n) is 1.61. The highest BCUT2D eigenvalue weighted by Gasteiger charge is 2.04. The number of carbonyl (C=O) groups excluding carboxylic acids is 1. The summed E-state index contributed by atoms with van der Waals surface area (Å²) in [6.07, 6.45) is 3.63. The molecule has 1 amide bonds. The van der Waals surface area contributed by atoms with Gasteiger partial charge in [-0.05, 0) is 43.3 Å². The molecule has 1 aromatic carbocycles. The Labute approximate surface area is 114 Å². The third-order valence-corrected chi connectivity index (χ3v) is 2.74. The second-order valence-corrected chi connectivity index (χ2v) is 4.74. The maximum Gasteiger partial charge on any atom is 0.226 e. The molecule has 0 radical (unpaired) electrons. The number of rotatable bonds is 5. The summed E-state index contributed by atoms with van der Waals surface area (Å²) in [5.41, 5.74) is 2.05. The normalized spacial score (nSPS) is 9.89. The SMILES string of the molecule is CCCCCC(=O)NC(=S)Nc1cccc(C)c1. The Balaban J connectivity index is 2.35. The van der Waals surface area contributed by atoms with Crippen molar-refractivity contribution in [3.05, 3.63) is 29.8 Å². The van der Waals surface area contributed by atoms with Gasteiger partial charge in [-0.3, -0.25) is 4.79 Å². The van der Waals surface area contributed by atoms with E-state index >= 15 is 0 Å². The van der Waals surface area contributed by atoms with Crippen LogP contribution >= 0.6 is 12.2 Å². The van der Waals surface area contributed by atoms with E-state index in [9.17, 15) is 4.79 Å². The van der Waals surface area contributed by atoms with E-state index < -0.39 is 0 Å². The van der Waals surface area contributed by atoms with E-state index in [0.29, 0.717) is 11.5 Å². The third kappa shape index (κ3) is 5.77. The fraction of sp³-hybridized carbons (Fsp3) is 0.429. The zero-order valence-corrected chi connectivity index (χ0v) is 11.8. The van der Waals surface area contributed by atoms with Crippen LogP contribution in [-0.2, 0) is 4.79 Å². The molecule has 4 heteroatoms. The first-order valence-electron chi connectivity index (χ1n) is 6.29. The van der Waals surface area contributed by atoms with E-state index in [1.807, 2.05) is 31.2 Å². The zero-order valence-electron chi connectivity index (χ0n) is 11.0. The summed E-state index contributed by atoms with van der Waals surface area (Å²) < 4.78 is 0. The van der Waals surface area contributed by atoms with Gasteiger partial charge in [0.15, 0.2) is 5.11 Å². The summed E-state index contributed by atoms with van der Waals surface area (Å²) in [4.78, 5) is 11.5. The Morgan fingerprint density at radius 1 is 1.33 bits per heavy atom. The van der Waals surface area contributed by atoms with E-state index in [1.54, 1.807) is 0 Å². The summed E-state index contributed by atoms with van der Waals surface area (Å²) in [6, 6.07) is 7.86. The summed E-state index contributed by atoms with van der Waals surface area (Å²) >= 11 is 5.09. The lowest BCUT2D eigenvalue weighted by Gasteiger charge is -2.09. The number of hydrogen-bond donors (Lipinski definition) is 2. The van der Waals surface area contributed by atoms with E-state index in [0.717, 1.165) is 30.5 Å². The Kier molecular flexibility index (Phi) is 6.36. The molecule has 0 aromatic heterocycles. The van der Waals surface area contributed by atoms with Crippen molar-refractivity contribution >= 4 is 28.9 Å². The number of thiocarbonyl (C=S) groups is 1. The highest BCUT2D eigenvalue weighted by molar-refractivity contribution is 7.80. The molecule has 0 atom stereocenters. The monoisotopic (exact) mass is 264 g/mol. The summed E-state index contributed by atoms with van der Waals surface area (Å²) in [7, 11) is 0. The van der Waals surface area contributed by atoms with E-state index in [4.69, 9.17) is 12.2 Å². The Morgan fingerprint density at radius 2 is 2.11 bits per heavy atom. The maximum absolute atomic E-state index is 11.5. The molecule has 0 heterocycles. The molecule has 0 aliphatic carbocycles. The minimum absolute atomic E-state index is 0.0198. The number of hydrogen-bond acceptors (Lipinski definition) is 2. The topological polar surface area (TPSA) is 41.1 Å². The van der Waals surface area contributed by atoms with Crippen LogP contribution in [-0.4, -0.2) is 11.0 Å². The van der Waals surface area contributed by atoms with E-state index in [-0.39, 0.29) is 5.91 Å². The van der Waals surface area contributed by atoms with Crippen LogP contribution < -0.4 is 10.6 Å².